The Morgan fingerprint density at radius 3 is 2.55 bits per heavy atom. The highest BCUT2D eigenvalue weighted by atomic mass is 35.5. The molecule has 1 unspecified atom stereocenters. The Morgan fingerprint density at radius 2 is 1.94 bits per heavy atom. The molecule has 1 atom stereocenters. The molecule has 2 heterocycles. The summed E-state index contributed by atoms with van der Waals surface area (Å²) in [6.45, 7) is 3.31. The van der Waals surface area contributed by atoms with E-state index in [9.17, 15) is 18.4 Å². The number of ether oxygens (including phenoxy) is 1. The lowest BCUT2D eigenvalue weighted by Gasteiger charge is -2.18. The van der Waals surface area contributed by atoms with E-state index >= 15 is 0 Å². The SMILES string of the molecule is CCOC(=O)C(NC(=O)c1c(C)nn(C)c1-c1ncc(F)cc1F)c1ccc(Cl)cc1. The van der Waals surface area contributed by atoms with Crippen LogP contribution in [0.1, 0.15) is 34.6 Å². The predicted octanol–water partition coefficient (Wildman–Crippen LogP) is 3.76. The van der Waals surface area contributed by atoms with Crippen molar-refractivity contribution in [1.82, 2.24) is 20.1 Å². The molecule has 0 radical (unpaired) electrons. The molecule has 0 aliphatic heterocycles. The van der Waals surface area contributed by atoms with Crippen LogP contribution in [0.4, 0.5) is 8.78 Å². The van der Waals surface area contributed by atoms with E-state index in [0.717, 1.165) is 6.20 Å². The quantitative estimate of drug-likeness (QED) is 0.580. The summed E-state index contributed by atoms with van der Waals surface area (Å²) in [5.74, 6) is -3.17. The highest BCUT2D eigenvalue weighted by molar-refractivity contribution is 6.30. The van der Waals surface area contributed by atoms with Crippen molar-refractivity contribution in [2.75, 3.05) is 6.61 Å². The number of halogens is 3. The van der Waals surface area contributed by atoms with Crippen LogP contribution in [0.2, 0.25) is 5.02 Å². The van der Waals surface area contributed by atoms with Gasteiger partial charge in [-0.2, -0.15) is 5.10 Å². The third kappa shape index (κ3) is 4.72. The smallest absolute Gasteiger partial charge is 0.333 e. The first-order valence-corrected chi connectivity index (χ1v) is 9.68. The third-order valence-electron chi connectivity index (χ3n) is 4.48. The first-order chi connectivity index (χ1) is 14.7. The highest BCUT2D eigenvalue weighted by Crippen LogP contribution is 2.28. The van der Waals surface area contributed by atoms with Gasteiger partial charge in [-0.05, 0) is 31.5 Å². The number of rotatable bonds is 6. The van der Waals surface area contributed by atoms with E-state index in [4.69, 9.17) is 16.3 Å². The van der Waals surface area contributed by atoms with Crippen molar-refractivity contribution in [3.63, 3.8) is 0 Å². The first kappa shape index (κ1) is 22.4. The van der Waals surface area contributed by atoms with Crippen LogP contribution in [0.25, 0.3) is 11.4 Å². The summed E-state index contributed by atoms with van der Waals surface area (Å²) >= 11 is 5.91. The van der Waals surface area contributed by atoms with E-state index in [0.29, 0.717) is 16.7 Å². The topological polar surface area (TPSA) is 86.1 Å². The maximum absolute atomic E-state index is 14.4. The van der Waals surface area contributed by atoms with Crippen molar-refractivity contribution in [3.8, 4) is 11.4 Å². The molecule has 3 rings (SSSR count). The molecule has 10 heteroatoms. The standard InChI is InChI=1S/C21H19ClF2N4O3/c1-4-31-21(30)17(12-5-7-13(22)8-6-12)26-20(29)16-11(2)27-28(3)19(16)18-15(24)9-14(23)10-25-18/h5-10,17H,4H2,1-3H3,(H,26,29). The molecule has 0 saturated carbocycles. The largest absolute Gasteiger partial charge is 0.464 e. The minimum absolute atomic E-state index is 0.00349. The molecule has 7 nitrogen and oxygen atoms in total. The second-order valence-corrected chi connectivity index (χ2v) is 7.06. The Labute approximate surface area is 182 Å². The molecular formula is C21H19ClF2N4O3. The average molecular weight is 449 g/mol. The molecule has 162 valence electrons. The lowest BCUT2D eigenvalue weighted by atomic mass is 10.0. The fraction of sp³-hybridized carbons (Fsp3) is 0.238. The summed E-state index contributed by atoms with van der Waals surface area (Å²) in [6, 6.07) is 5.86. The average Bonchev–Trinajstić information content (AvgIpc) is 3.00. The zero-order valence-electron chi connectivity index (χ0n) is 16.9. The van der Waals surface area contributed by atoms with Gasteiger partial charge in [0.2, 0.25) is 0 Å². The second-order valence-electron chi connectivity index (χ2n) is 6.63. The number of carbonyl (C=O) groups is 2. The zero-order chi connectivity index (χ0) is 22.7. The Hall–Kier alpha value is -3.33. The molecule has 0 saturated heterocycles. The number of hydrogen-bond donors (Lipinski definition) is 1. The number of aryl methyl sites for hydroxylation is 2. The number of carbonyl (C=O) groups excluding carboxylic acids is 2. The Bertz CT molecular complexity index is 1130. The molecule has 1 amide bonds. The van der Waals surface area contributed by atoms with Crippen molar-refractivity contribution in [2.45, 2.75) is 19.9 Å². The molecule has 1 N–H and O–H groups in total. The Kier molecular flexibility index (Phi) is 6.65. The molecule has 0 aliphatic rings. The molecule has 0 spiro atoms. The van der Waals surface area contributed by atoms with Crippen LogP contribution in [-0.2, 0) is 16.6 Å². The number of amides is 1. The van der Waals surface area contributed by atoms with E-state index in [1.807, 2.05) is 0 Å². The fourth-order valence-corrected chi connectivity index (χ4v) is 3.28. The van der Waals surface area contributed by atoms with E-state index in [-0.39, 0.29) is 29.3 Å². The van der Waals surface area contributed by atoms with Gasteiger partial charge < -0.3 is 10.1 Å². The summed E-state index contributed by atoms with van der Waals surface area (Å²) in [6.07, 6.45) is 0.845. The van der Waals surface area contributed by atoms with Gasteiger partial charge in [0.15, 0.2) is 11.9 Å². The van der Waals surface area contributed by atoms with Gasteiger partial charge in [0.05, 0.1) is 24.1 Å². The van der Waals surface area contributed by atoms with Gasteiger partial charge >= 0.3 is 5.97 Å². The molecule has 2 aromatic heterocycles. The predicted molar refractivity (Wildman–Crippen MR) is 109 cm³/mol. The molecule has 0 fully saturated rings. The van der Waals surface area contributed by atoms with Crippen LogP contribution in [-0.4, -0.2) is 33.2 Å². The minimum atomic E-state index is -1.14. The second kappa shape index (κ2) is 9.22. The molecular weight excluding hydrogens is 430 g/mol. The van der Waals surface area contributed by atoms with Crippen molar-refractivity contribution < 1.29 is 23.1 Å². The van der Waals surface area contributed by atoms with E-state index < -0.39 is 29.6 Å². The van der Waals surface area contributed by atoms with E-state index in [1.54, 1.807) is 38.1 Å². The summed E-state index contributed by atoms with van der Waals surface area (Å²) in [5, 5.41) is 7.24. The normalized spacial score (nSPS) is 11.8. The number of nitrogens with zero attached hydrogens (tertiary/aromatic N) is 3. The number of benzene rings is 1. The Balaban J connectivity index is 2.03. The molecule has 31 heavy (non-hydrogen) atoms. The summed E-state index contributed by atoms with van der Waals surface area (Å²) in [7, 11) is 1.51. The fourth-order valence-electron chi connectivity index (χ4n) is 3.15. The summed E-state index contributed by atoms with van der Waals surface area (Å²) in [5.41, 5.74) is 0.536. The maximum atomic E-state index is 14.4. The van der Waals surface area contributed by atoms with Gasteiger partial charge in [-0.1, -0.05) is 23.7 Å². The van der Waals surface area contributed by atoms with E-state index in [2.05, 4.69) is 15.4 Å². The van der Waals surface area contributed by atoms with Crippen molar-refractivity contribution in [2.24, 2.45) is 7.05 Å². The lowest BCUT2D eigenvalue weighted by Crippen LogP contribution is -2.35. The monoisotopic (exact) mass is 448 g/mol. The van der Waals surface area contributed by atoms with Crippen LogP contribution < -0.4 is 5.32 Å². The van der Waals surface area contributed by atoms with Crippen LogP contribution >= 0.6 is 11.6 Å². The van der Waals surface area contributed by atoms with E-state index in [1.165, 1.54) is 11.7 Å². The highest BCUT2D eigenvalue weighted by Gasteiger charge is 2.30. The van der Waals surface area contributed by atoms with Crippen LogP contribution in [0.3, 0.4) is 0 Å². The molecule has 3 aromatic rings. The Morgan fingerprint density at radius 1 is 1.26 bits per heavy atom. The first-order valence-electron chi connectivity index (χ1n) is 9.30. The van der Waals surface area contributed by atoms with Gasteiger partial charge in [-0.3, -0.25) is 9.48 Å². The number of pyridine rings is 1. The van der Waals surface area contributed by atoms with Crippen molar-refractivity contribution in [3.05, 3.63) is 70.0 Å². The number of hydrogen-bond acceptors (Lipinski definition) is 5. The van der Waals surface area contributed by atoms with Crippen molar-refractivity contribution in [1.29, 1.82) is 0 Å². The van der Waals surface area contributed by atoms with Crippen LogP contribution in [0.15, 0.2) is 36.5 Å². The number of esters is 1. The molecule has 0 aliphatic carbocycles. The summed E-state index contributed by atoms with van der Waals surface area (Å²) < 4.78 is 34.1. The van der Waals surface area contributed by atoms with Gasteiger partial charge in [0, 0.05) is 18.1 Å². The third-order valence-corrected chi connectivity index (χ3v) is 4.73. The van der Waals surface area contributed by atoms with Gasteiger partial charge in [0.25, 0.3) is 5.91 Å². The number of aromatic nitrogens is 3. The van der Waals surface area contributed by atoms with Gasteiger partial charge in [0.1, 0.15) is 17.2 Å². The van der Waals surface area contributed by atoms with Crippen LogP contribution in [0.5, 0.6) is 0 Å². The lowest BCUT2D eigenvalue weighted by molar-refractivity contribution is -0.145. The minimum Gasteiger partial charge on any atom is -0.464 e. The molecule has 1 aromatic carbocycles. The van der Waals surface area contributed by atoms with Gasteiger partial charge in [-0.15, -0.1) is 0 Å². The maximum Gasteiger partial charge on any atom is 0.333 e. The van der Waals surface area contributed by atoms with Crippen LogP contribution in [0, 0.1) is 18.6 Å². The molecule has 0 bridgehead atoms. The van der Waals surface area contributed by atoms with Crippen molar-refractivity contribution >= 4 is 23.5 Å². The zero-order valence-corrected chi connectivity index (χ0v) is 17.7. The number of nitrogens with one attached hydrogen (secondary N) is 1. The van der Waals surface area contributed by atoms with Gasteiger partial charge in [-0.25, -0.2) is 18.6 Å². The summed E-state index contributed by atoms with van der Waals surface area (Å²) in [4.78, 5) is 29.5.